The number of aromatic nitrogens is 1. The van der Waals surface area contributed by atoms with Gasteiger partial charge in [0.1, 0.15) is 5.01 Å². The van der Waals surface area contributed by atoms with Gasteiger partial charge in [-0.15, -0.1) is 11.3 Å². The van der Waals surface area contributed by atoms with Crippen LogP contribution >= 0.6 is 11.3 Å². The average molecular weight is 283 g/mol. The van der Waals surface area contributed by atoms with Gasteiger partial charge in [-0.05, 0) is 32.6 Å². The van der Waals surface area contributed by atoms with E-state index in [0.29, 0.717) is 5.92 Å². The standard InChI is InChI=1S/C14H25N3OS/c1-6-10(4)16-14(18)17-12(7-9(2)3)13-15-11(5)8-19-13/h8-10,12H,6-7H2,1-5H3,(H2,16,17,18). The molecule has 0 fully saturated rings. The number of rotatable bonds is 6. The van der Waals surface area contributed by atoms with Crippen LogP contribution in [-0.4, -0.2) is 17.1 Å². The fourth-order valence-electron chi connectivity index (χ4n) is 1.75. The van der Waals surface area contributed by atoms with Gasteiger partial charge in [-0.2, -0.15) is 0 Å². The molecule has 5 heteroatoms. The molecule has 0 saturated heterocycles. The number of thiazole rings is 1. The number of carbonyl (C=O) groups excluding carboxylic acids is 1. The molecule has 1 heterocycles. The highest BCUT2D eigenvalue weighted by molar-refractivity contribution is 7.09. The Morgan fingerprint density at radius 3 is 2.53 bits per heavy atom. The topological polar surface area (TPSA) is 54.0 Å². The third-order valence-electron chi connectivity index (χ3n) is 2.94. The summed E-state index contributed by atoms with van der Waals surface area (Å²) in [6, 6.07) is 0.0911. The molecule has 4 nitrogen and oxygen atoms in total. The molecule has 0 saturated carbocycles. The predicted molar refractivity (Wildman–Crippen MR) is 80.5 cm³/mol. The molecule has 1 aromatic heterocycles. The maximum absolute atomic E-state index is 11.9. The van der Waals surface area contributed by atoms with E-state index in [1.54, 1.807) is 11.3 Å². The van der Waals surface area contributed by atoms with E-state index >= 15 is 0 Å². The number of nitrogens with one attached hydrogen (secondary N) is 2. The Balaban J connectivity index is 2.67. The van der Waals surface area contributed by atoms with Gasteiger partial charge < -0.3 is 10.6 Å². The lowest BCUT2D eigenvalue weighted by molar-refractivity contribution is 0.231. The summed E-state index contributed by atoms with van der Waals surface area (Å²) in [5, 5.41) is 8.99. The number of aryl methyl sites for hydroxylation is 1. The van der Waals surface area contributed by atoms with Crippen LogP contribution in [0.25, 0.3) is 0 Å². The molecular formula is C14H25N3OS. The van der Waals surface area contributed by atoms with Crippen molar-refractivity contribution in [1.82, 2.24) is 15.6 Å². The maximum Gasteiger partial charge on any atom is 0.315 e. The first-order valence-corrected chi connectivity index (χ1v) is 7.79. The molecule has 0 aliphatic carbocycles. The maximum atomic E-state index is 11.9. The van der Waals surface area contributed by atoms with Crippen LogP contribution < -0.4 is 10.6 Å². The van der Waals surface area contributed by atoms with Crippen LogP contribution in [-0.2, 0) is 0 Å². The zero-order chi connectivity index (χ0) is 14.4. The SMILES string of the molecule is CCC(C)NC(=O)NC(CC(C)C)c1nc(C)cs1. The van der Waals surface area contributed by atoms with Gasteiger partial charge >= 0.3 is 6.03 Å². The van der Waals surface area contributed by atoms with Crippen LogP contribution in [0.1, 0.15) is 57.3 Å². The van der Waals surface area contributed by atoms with Crippen molar-refractivity contribution in [2.24, 2.45) is 5.92 Å². The van der Waals surface area contributed by atoms with E-state index in [1.165, 1.54) is 0 Å². The van der Waals surface area contributed by atoms with Crippen LogP contribution in [0.3, 0.4) is 0 Å². The van der Waals surface area contributed by atoms with Crippen LogP contribution in [0.5, 0.6) is 0 Å². The summed E-state index contributed by atoms with van der Waals surface area (Å²) in [7, 11) is 0. The summed E-state index contributed by atoms with van der Waals surface area (Å²) in [4.78, 5) is 16.4. The number of carbonyl (C=O) groups is 1. The Hall–Kier alpha value is -1.10. The summed E-state index contributed by atoms with van der Waals surface area (Å²) in [5.41, 5.74) is 1.01. The van der Waals surface area contributed by atoms with Gasteiger partial charge in [0.25, 0.3) is 0 Å². The van der Waals surface area contributed by atoms with Gasteiger partial charge in [0.2, 0.25) is 0 Å². The Morgan fingerprint density at radius 2 is 2.05 bits per heavy atom. The van der Waals surface area contributed by atoms with Gasteiger partial charge in [-0.3, -0.25) is 0 Å². The number of hydrogen-bond donors (Lipinski definition) is 2. The Labute approximate surface area is 120 Å². The van der Waals surface area contributed by atoms with Gasteiger partial charge in [0.15, 0.2) is 0 Å². The summed E-state index contributed by atoms with van der Waals surface area (Å²) in [6.07, 6.45) is 1.83. The largest absolute Gasteiger partial charge is 0.336 e. The van der Waals surface area contributed by atoms with Crippen molar-refractivity contribution < 1.29 is 4.79 Å². The summed E-state index contributed by atoms with van der Waals surface area (Å²) in [5.74, 6) is 0.512. The quantitative estimate of drug-likeness (QED) is 0.837. The molecule has 0 spiro atoms. The molecular weight excluding hydrogens is 258 g/mol. The highest BCUT2D eigenvalue weighted by Crippen LogP contribution is 2.24. The zero-order valence-electron chi connectivity index (χ0n) is 12.5. The summed E-state index contributed by atoms with van der Waals surface area (Å²) < 4.78 is 0. The monoisotopic (exact) mass is 283 g/mol. The van der Waals surface area contributed by atoms with Gasteiger partial charge in [0.05, 0.1) is 6.04 Å². The van der Waals surface area contributed by atoms with E-state index in [1.807, 2.05) is 19.2 Å². The first-order valence-electron chi connectivity index (χ1n) is 6.91. The molecule has 2 atom stereocenters. The summed E-state index contributed by atoms with van der Waals surface area (Å²) in [6.45, 7) is 10.3. The Kier molecular flexibility index (Phi) is 6.28. The van der Waals surface area contributed by atoms with Crippen molar-refractivity contribution in [2.45, 2.75) is 59.5 Å². The summed E-state index contributed by atoms with van der Waals surface area (Å²) >= 11 is 1.61. The Morgan fingerprint density at radius 1 is 1.37 bits per heavy atom. The Bertz CT molecular complexity index is 403. The third kappa shape index (κ3) is 5.59. The van der Waals surface area contributed by atoms with Crippen molar-refractivity contribution >= 4 is 17.4 Å². The van der Waals surface area contributed by atoms with E-state index < -0.39 is 0 Å². The van der Waals surface area contributed by atoms with Crippen LogP contribution in [0.2, 0.25) is 0 Å². The number of amides is 2. The second-order valence-corrected chi connectivity index (χ2v) is 6.33. The van der Waals surface area contributed by atoms with Crippen molar-refractivity contribution in [3.8, 4) is 0 Å². The molecule has 1 aromatic rings. The minimum absolute atomic E-state index is 0.00255. The highest BCUT2D eigenvalue weighted by Gasteiger charge is 2.19. The first-order chi connectivity index (χ1) is 8.92. The molecule has 0 aliphatic rings. The molecule has 2 N–H and O–H groups in total. The van der Waals surface area contributed by atoms with Crippen molar-refractivity contribution in [1.29, 1.82) is 0 Å². The van der Waals surface area contributed by atoms with Crippen molar-refractivity contribution in [2.75, 3.05) is 0 Å². The van der Waals surface area contributed by atoms with Crippen LogP contribution in [0, 0.1) is 12.8 Å². The van der Waals surface area contributed by atoms with Crippen LogP contribution in [0.4, 0.5) is 4.79 Å². The molecule has 2 amide bonds. The highest BCUT2D eigenvalue weighted by atomic mass is 32.1. The zero-order valence-corrected chi connectivity index (χ0v) is 13.3. The second-order valence-electron chi connectivity index (χ2n) is 5.44. The molecule has 0 aliphatic heterocycles. The number of urea groups is 1. The minimum atomic E-state index is -0.104. The molecule has 0 radical (unpaired) electrons. The van der Waals surface area contributed by atoms with E-state index in [2.05, 4.69) is 36.4 Å². The van der Waals surface area contributed by atoms with Crippen LogP contribution in [0.15, 0.2) is 5.38 Å². The molecule has 2 unspecified atom stereocenters. The van der Waals surface area contributed by atoms with E-state index in [4.69, 9.17) is 0 Å². The normalized spacial score (nSPS) is 14.2. The number of nitrogens with zero attached hydrogens (tertiary/aromatic N) is 1. The van der Waals surface area contributed by atoms with Gasteiger partial charge in [0, 0.05) is 17.1 Å². The predicted octanol–water partition coefficient (Wildman–Crippen LogP) is 3.64. The fraction of sp³-hybridized carbons (Fsp3) is 0.714. The smallest absolute Gasteiger partial charge is 0.315 e. The third-order valence-corrected chi connectivity index (χ3v) is 4.01. The lowest BCUT2D eigenvalue weighted by Gasteiger charge is -2.20. The lowest BCUT2D eigenvalue weighted by atomic mass is 10.0. The number of hydrogen-bond acceptors (Lipinski definition) is 3. The molecule has 0 aromatic carbocycles. The van der Waals surface area contributed by atoms with Crippen molar-refractivity contribution in [3.05, 3.63) is 16.1 Å². The average Bonchev–Trinajstić information content (AvgIpc) is 2.74. The van der Waals surface area contributed by atoms with Gasteiger partial charge in [-0.1, -0.05) is 20.8 Å². The fourth-order valence-corrected chi connectivity index (χ4v) is 2.61. The molecule has 1 rings (SSSR count). The lowest BCUT2D eigenvalue weighted by Crippen LogP contribution is -2.42. The van der Waals surface area contributed by atoms with Crippen molar-refractivity contribution in [3.63, 3.8) is 0 Å². The van der Waals surface area contributed by atoms with E-state index in [9.17, 15) is 4.79 Å². The molecule has 108 valence electrons. The minimum Gasteiger partial charge on any atom is -0.336 e. The molecule has 0 bridgehead atoms. The van der Waals surface area contributed by atoms with E-state index in [-0.39, 0.29) is 18.1 Å². The van der Waals surface area contributed by atoms with Gasteiger partial charge in [-0.25, -0.2) is 9.78 Å². The first kappa shape index (κ1) is 16.0. The van der Waals surface area contributed by atoms with E-state index in [0.717, 1.165) is 23.5 Å². The second kappa shape index (κ2) is 7.48. The molecule has 19 heavy (non-hydrogen) atoms.